The molecule has 2 rings (SSSR count). The van der Waals surface area contributed by atoms with Gasteiger partial charge in [-0.25, -0.2) is 0 Å². The van der Waals surface area contributed by atoms with Crippen LogP contribution in [-0.4, -0.2) is 22.8 Å². The lowest BCUT2D eigenvalue weighted by atomic mass is 9.95. The Morgan fingerprint density at radius 1 is 1.40 bits per heavy atom. The maximum absolute atomic E-state index is 12.2. The van der Waals surface area contributed by atoms with Crippen LogP contribution in [0.3, 0.4) is 0 Å². The van der Waals surface area contributed by atoms with E-state index in [4.69, 9.17) is 16.7 Å². The van der Waals surface area contributed by atoms with Crippen molar-refractivity contribution in [1.29, 1.82) is 0 Å². The van der Waals surface area contributed by atoms with E-state index in [2.05, 4.69) is 5.32 Å². The van der Waals surface area contributed by atoms with Crippen molar-refractivity contribution in [2.24, 2.45) is 5.92 Å². The normalized spacial score (nSPS) is 14.6. The first-order chi connectivity index (χ1) is 9.36. The van der Waals surface area contributed by atoms with Gasteiger partial charge >= 0.3 is 5.97 Å². The number of hydrogen-bond acceptors (Lipinski definition) is 3. The van der Waals surface area contributed by atoms with Gasteiger partial charge in [-0.05, 0) is 23.6 Å². The summed E-state index contributed by atoms with van der Waals surface area (Å²) in [6.45, 7) is 1.71. The number of rotatable bonds is 5. The predicted octanol–water partition coefficient (Wildman–Crippen LogP) is 2.52. The smallest absolute Gasteiger partial charge is 0.303 e. The van der Waals surface area contributed by atoms with Crippen molar-refractivity contribution in [2.45, 2.75) is 26.2 Å². The van der Waals surface area contributed by atoms with Gasteiger partial charge in [-0.15, -0.1) is 0 Å². The predicted molar refractivity (Wildman–Crippen MR) is 74.2 cm³/mol. The summed E-state index contributed by atoms with van der Waals surface area (Å²) in [4.78, 5) is 34.0. The fourth-order valence-corrected chi connectivity index (χ4v) is 2.53. The van der Waals surface area contributed by atoms with E-state index in [0.717, 1.165) is 5.56 Å². The number of nitrogens with one attached hydrogen (secondary N) is 1. The summed E-state index contributed by atoms with van der Waals surface area (Å²) >= 11 is 6.05. The van der Waals surface area contributed by atoms with E-state index in [1.54, 1.807) is 19.1 Å². The van der Waals surface area contributed by atoms with E-state index in [9.17, 15) is 14.4 Å². The largest absolute Gasteiger partial charge is 0.481 e. The number of carbonyl (C=O) groups is 3. The van der Waals surface area contributed by atoms with Crippen LogP contribution in [0.5, 0.6) is 0 Å². The van der Waals surface area contributed by atoms with Gasteiger partial charge in [-0.1, -0.05) is 18.5 Å². The average molecular weight is 296 g/mol. The average Bonchev–Trinajstić information content (AvgIpc) is 2.65. The molecule has 106 valence electrons. The van der Waals surface area contributed by atoms with E-state index < -0.39 is 5.97 Å². The van der Waals surface area contributed by atoms with E-state index in [1.165, 1.54) is 0 Å². The van der Waals surface area contributed by atoms with Gasteiger partial charge in [-0.3, -0.25) is 14.4 Å². The second kappa shape index (κ2) is 5.63. The molecule has 20 heavy (non-hydrogen) atoms. The standard InChI is InChI=1S/C14H14ClNO4/c1-7(3-14(19)20)2-12(17)9-4-8-5-13(18)16-11(8)6-10(9)15/h4,6-7H,2-3,5H2,1H3,(H,16,18)(H,19,20). The molecule has 1 aromatic rings. The number of Topliss-reactive ketones (excluding diaryl/α,β-unsaturated/α-hetero) is 1. The molecule has 1 unspecified atom stereocenters. The molecule has 5 nitrogen and oxygen atoms in total. The topological polar surface area (TPSA) is 83.5 Å². The third kappa shape index (κ3) is 3.17. The Hall–Kier alpha value is -1.88. The van der Waals surface area contributed by atoms with Crippen molar-refractivity contribution < 1.29 is 19.5 Å². The van der Waals surface area contributed by atoms with Crippen molar-refractivity contribution in [3.8, 4) is 0 Å². The molecule has 1 amide bonds. The third-order valence-electron chi connectivity index (χ3n) is 3.18. The molecule has 0 aromatic heterocycles. The first-order valence-electron chi connectivity index (χ1n) is 6.24. The van der Waals surface area contributed by atoms with Crippen molar-refractivity contribution in [3.05, 3.63) is 28.3 Å². The highest BCUT2D eigenvalue weighted by molar-refractivity contribution is 6.34. The highest BCUT2D eigenvalue weighted by atomic mass is 35.5. The molecule has 0 saturated carbocycles. The van der Waals surface area contributed by atoms with Crippen LogP contribution < -0.4 is 5.32 Å². The zero-order chi connectivity index (χ0) is 14.9. The number of hydrogen-bond donors (Lipinski definition) is 2. The quantitative estimate of drug-likeness (QED) is 0.818. The van der Waals surface area contributed by atoms with E-state index >= 15 is 0 Å². The van der Waals surface area contributed by atoms with Crippen molar-refractivity contribution in [3.63, 3.8) is 0 Å². The number of carbonyl (C=O) groups excluding carboxylic acids is 2. The molecule has 0 saturated heterocycles. The van der Waals surface area contributed by atoms with Crippen molar-refractivity contribution in [2.75, 3.05) is 5.32 Å². The Kier molecular flexibility index (Phi) is 4.09. The van der Waals surface area contributed by atoms with Crippen LogP contribution in [0.2, 0.25) is 5.02 Å². The van der Waals surface area contributed by atoms with Gasteiger partial charge in [0, 0.05) is 24.1 Å². The van der Waals surface area contributed by atoms with Gasteiger partial charge < -0.3 is 10.4 Å². The SMILES string of the molecule is CC(CC(=O)O)CC(=O)c1cc2c(cc1Cl)NC(=O)C2. The zero-order valence-electron chi connectivity index (χ0n) is 10.9. The first kappa shape index (κ1) is 14.5. The molecule has 0 spiro atoms. The zero-order valence-corrected chi connectivity index (χ0v) is 11.7. The molecule has 0 fully saturated rings. The summed E-state index contributed by atoms with van der Waals surface area (Å²) in [5.74, 6) is -1.52. The maximum atomic E-state index is 12.2. The molecule has 1 aliphatic heterocycles. The first-order valence-corrected chi connectivity index (χ1v) is 6.62. The number of halogens is 1. The lowest BCUT2D eigenvalue weighted by molar-refractivity contribution is -0.137. The minimum atomic E-state index is -0.930. The minimum Gasteiger partial charge on any atom is -0.481 e. The van der Waals surface area contributed by atoms with Gasteiger partial charge in [-0.2, -0.15) is 0 Å². The summed E-state index contributed by atoms with van der Waals surface area (Å²) in [7, 11) is 0. The molecular weight excluding hydrogens is 282 g/mol. The number of ketones is 1. The van der Waals surface area contributed by atoms with Gasteiger partial charge in [0.2, 0.25) is 5.91 Å². The Balaban J connectivity index is 2.17. The second-order valence-corrected chi connectivity index (χ2v) is 5.45. The number of amides is 1. The van der Waals surface area contributed by atoms with E-state index in [0.29, 0.717) is 11.3 Å². The van der Waals surface area contributed by atoms with Crippen LogP contribution >= 0.6 is 11.6 Å². The van der Waals surface area contributed by atoms with Crippen LogP contribution in [0.4, 0.5) is 5.69 Å². The number of anilines is 1. The highest BCUT2D eigenvalue weighted by Gasteiger charge is 2.23. The molecule has 1 aromatic carbocycles. The van der Waals surface area contributed by atoms with Gasteiger partial charge in [0.05, 0.1) is 11.4 Å². The summed E-state index contributed by atoms with van der Waals surface area (Å²) < 4.78 is 0. The lowest BCUT2D eigenvalue weighted by Crippen LogP contribution is -2.11. The summed E-state index contributed by atoms with van der Waals surface area (Å²) in [6, 6.07) is 3.18. The van der Waals surface area contributed by atoms with Gasteiger partial charge in [0.1, 0.15) is 0 Å². The summed E-state index contributed by atoms with van der Waals surface area (Å²) in [5.41, 5.74) is 1.72. The molecule has 1 atom stereocenters. The number of carboxylic acid groups (broad SMARTS) is 1. The fraction of sp³-hybridized carbons (Fsp3) is 0.357. The van der Waals surface area contributed by atoms with Crippen LogP contribution in [0.25, 0.3) is 0 Å². The molecule has 2 N–H and O–H groups in total. The molecule has 0 bridgehead atoms. The number of aliphatic carboxylic acids is 1. The number of benzene rings is 1. The lowest BCUT2D eigenvalue weighted by Gasteiger charge is -2.10. The van der Waals surface area contributed by atoms with Crippen LogP contribution in [0, 0.1) is 5.92 Å². The number of fused-ring (bicyclic) bond motifs is 1. The number of carboxylic acids is 1. The molecule has 6 heteroatoms. The van der Waals surface area contributed by atoms with Crippen LogP contribution in [0.1, 0.15) is 35.7 Å². The molecule has 1 heterocycles. The fourth-order valence-electron chi connectivity index (χ4n) is 2.26. The van der Waals surface area contributed by atoms with Gasteiger partial charge in [0.25, 0.3) is 0 Å². The summed E-state index contributed by atoms with van der Waals surface area (Å²) in [5, 5.41) is 11.6. The van der Waals surface area contributed by atoms with Crippen LogP contribution in [-0.2, 0) is 16.0 Å². The maximum Gasteiger partial charge on any atom is 0.303 e. The van der Waals surface area contributed by atoms with E-state index in [1.807, 2.05) is 0 Å². The van der Waals surface area contributed by atoms with Crippen LogP contribution in [0.15, 0.2) is 12.1 Å². The Morgan fingerprint density at radius 2 is 2.10 bits per heavy atom. The Labute approximate surface area is 120 Å². The molecular formula is C14H14ClNO4. The van der Waals surface area contributed by atoms with Crippen molar-refractivity contribution >= 4 is 34.9 Å². The second-order valence-electron chi connectivity index (χ2n) is 5.04. The van der Waals surface area contributed by atoms with Crippen molar-refractivity contribution in [1.82, 2.24) is 0 Å². The van der Waals surface area contributed by atoms with E-state index in [-0.39, 0.29) is 41.9 Å². The Morgan fingerprint density at radius 3 is 2.75 bits per heavy atom. The van der Waals surface area contributed by atoms with Gasteiger partial charge in [0.15, 0.2) is 5.78 Å². The molecule has 0 radical (unpaired) electrons. The molecule has 0 aliphatic carbocycles. The minimum absolute atomic E-state index is 0.0612. The monoisotopic (exact) mass is 295 g/mol. The highest BCUT2D eigenvalue weighted by Crippen LogP contribution is 2.31. The Bertz CT molecular complexity index is 597. The molecule has 1 aliphatic rings. The third-order valence-corrected chi connectivity index (χ3v) is 3.49. The summed E-state index contributed by atoms with van der Waals surface area (Å²) in [6.07, 6.45) is 0.290.